The summed E-state index contributed by atoms with van der Waals surface area (Å²) in [6.45, 7) is 4.73. The summed E-state index contributed by atoms with van der Waals surface area (Å²) in [4.78, 5) is 24.2. The molecule has 10 heteroatoms. The van der Waals surface area contributed by atoms with Crippen LogP contribution in [0.2, 0.25) is 0 Å². The van der Waals surface area contributed by atoms with E-state index in [1.807, 2.05) is 56.3 Å². The highest BCUT2D eigenvalue weighted by Crippen LogP contribution is 2.34. The molecular formula is C26H28N6O3S. The van der Waals surface area contributed by atoms with Crippen LogP contribution in [-0.4, -0.2) is 62.2 Å². The molecule has 5 N–H and O–H groups in total. The number of nitrogens with zero attached hydrogens (tertiary/aromatic N) is 3. The number of nitrogens with one attached hydrogen (secondary N) is 3. The molecule has 0 spiro atoms. The van der Waals surface area contributed by atoms with Gasteiger partial charge in [0.15, 0.2) is 6.35 Å². The van der Waals surface area contributed by atoms with E-state index in [0.29, 0.717) is 24.6 Å². The molecule has 2 unspecified atom stereocenters. The van der Waals surface area contributed by atoms with Crippen LogP contribution in [0.1, 0.15) is 24.2 Å². The summed E-state index contributed by atoms with van der Waals surface area (Å²) >= 11 is 1.62. The van der Waals surface area contributed by atoms with Gasteiger partial charge in [0, 0.05) is 35.2 Å². The molecule has 1 fully saturated rings. The number of benzene rings is 2. The van der Waals surface area contributed by atoms with E-state index in [9.17, 15) is 15.0 Å². The highest BCUT2D eigenvalue weighted by atomic mass is 32.1. The Kier molecular flexibility index (Phi) is 6.69. The first-order valence-electron chi connectivity index (χ1n) is 11.7. The van der Waals surface area contributed by atoms with Crippen molar-refractivity contribution in [3.8, 4) is 10.6 Å². The first kappa shape index (κ1) is 24.3. The van der Waals surface area contributed by atoms with Crippen molar-refractivity contribution in [3.63, 3.8) is 0 Å². The SMILES string of the molecule is CC1(C)C(O)NC(O)N1CCNc1nccc(-c2cc3cc(NC(=O)c4ccccc4)ccc3s2)n1. The Morgan fingerprint density at radius 2 is 1.94 bits per heavy atom. The third-order valence-corrected chi connectivity index (χ3v) is 7.50. The Morgan fingerprint density at radius 3 is 2.69 bits per heavy atom. The Bertz CT molecular complexity index is 1380. The molecule has 2 atom stereocenters. The lowest BCUT2D eigenvalue weighted by Gasteiger charge is -2.33. The molecule has 186 valence electrons. The molecule has 0 radical (unpaired) electrons. The molecule has 0 saturated carbocycles. The van der Waals surface area contributed by atoms with Crippen LogP contribution in [0.5, 0.6) is 0 Å². The molecule has 4 aromatic rings. The number of carbonyl (C=O) groups is 1. The van der Waals surface area contributed by atoms with Crippen molar-refractivity contribution in [1.82, 2.24) is 20.2 Å². The predicted octanol–water partition coefficient (Wildman–Crippen LogP) is 3.30. The number of aliphatic hydroxyl groups excluding tert-OH is 2. The minimum atomic E-state index is -0.912. The zero-order valence-corrected chi connectivity index (χ0v) is 20.8. The van der Waals surface area contributed by atoms with Gasteiger partial charge in [0.05, 0.1) is 16.1 Å². The molecule has 0 aliphatic carbocycles. The zero-order valence-electron chi connectivity index (χ0n) is 20.0. The second kappa shape index (κ2) is 9.92. The van der Waals surface area contributed by atoms with Gasteiger partial charge >= 0.3 is 0 Å². The molecule has 3 heterocycles. The van der Waals surface area contributed by atoms with Gasteiger partial charge in [-0.15, -0.1) is 11.3 Å². The van der Waals surface area contributed by atoms with Crippen LogP contribution in [0.3, 0.4) is 0 Å². The third-order valence-electron chi connectivity index (χ3n) is 6.37. The second-order valence-electron chi connectivity index (χ2n) is 9.17. The molecule has 2 aromatic carbocycles. The Labute approximate surface area is 212 Å². The van der Waals surface area contributed by atoms with Gasteiger partial charge in [-0.1, -0.05) is 18.2 Å². The fourth-order valence-corrected chi connectivity index (χ4v) is 5.24. The lowest BCUT2D eigenvalue weighted by molar-refractivity contribution is -0.0191. The van der Waals surface area contributed by atoms with Crippen LogP contribution in [0.25, 0.3) is 20.7 Å². The quantitative estimate of drug-likeness (QED) is 0.260. The van der Waals surface area contributed by atoms with E-state index in [1.165, 1.54) is 0 Å². The van der Waals surface area contributed by atoms with Gasteiger partial charge in [-0.2, -0.15) is 0 Å². The van der Waals surface area contributed by atoms with Gasteiger partial charge in [-0.3, -0.25) is 15.0 Å². The van der Waals surface area contributed by atoms with Gasteiger partial charge in [-0.05, 0) is 61.7 Å². The minimum Gasteiger partial charge on any atom is -0.377 e. The zero-order chi connectivity index (χ0) is 25.3. The molecule has 1 aliphatic rings. The van der Waals surface area contributed by atoms with Crippen LogP contribution in [0.4, 0.5) is 11.6 Å². The topological polar surface area (TPSA) is 123 Å². The molecule has 36 heavy (non-hydrogen) atoms. The number of hydrogen-bond donors (Lipinski definition) is 5. The molecule has 5 rings (SSSR count). The first-order valence-corrected chi connectivity index (χ1v) is 12.5. The Balaban J connectivity index is 1.26. The molecular weight excluding hydrogens is 476 g/mol. The van der Waals surface area contributed by atoms with E-state index >= 15 is 0 Å². The fraction of sp³-hybridized carbons (Fsp3) is 0.269. The normalized spacial score (nSPS) is 19.4. The van der Waals surface area contributed by atoms with Crippen molar-refractivity contribution >= 4 is 39.0 Å². The maximum Gasteiger partial charge on any atom is 0.255 e. The average Bonchev–Trinajstić information content (AvgIpc) is 3.38. The number of anilines is 2. The summed E-state index contributed by atoms with van der Waals surface area (Å²) in [6, 6.07) is 18.9. The number of fused-ring (bicyclic) bond motifs is 1. The van der Waals surface area contributed by atoms with Gasteiger partial charge < -0.3 is 20.8 Å². The molecule has 1 aliphatic heterocycles. The first-order chi connectivity index (χ1) is 17.3. The number of aliphatic hydroxyl groups is 2. The number of rotatable bonds is 7. The highest BCUT2D eigenvalue weighted by molar-refractivity contribution is 7.22. The predicted molar refractivity (Wildman–Crippen MR) is 142 cm³/mol. The van der Waals surface area contributed by atoms with E-state index < -0.39 is 18.1 Å². The van der Waals surface area contributed by atoms with Crippen molar-refractivity contribution in [1.29, 1.82) is 0 Å². The number of hydrogen-bond acceptors (Lipinski definition) is 9. The summed E-state index contributed by atoms with van der Waals surface area (Å²) in [5, 5.41) is 30.1. The smallest absolute Gasteiger partial charge is 0.255 e. The number of amides is 1. The number of carbonyl (C=O) groups excluding carboxylic acids is 1. The van der Waals surface area contributed by atoms with Crippen molar-refractivity contribution in [2.45, 2.75) is 32.0 Å². The molecule has 9 nitrogen and oxygen atoms in total. The largest absolute Gasteiger partial charge is 0.377 e. The maximum absolute atomic E-state index is 12.5. The maximum atomic E-state index is 12.5. The molecule has 2 aromatic heterocycles. The molecule has 0 bridgehead atoms. The van der Waals surface area contributed by atoms with Crippen molar-refractivity contribution in [2.75, 3.05) is 23.7 Å². The summed E-state index contributed by atoms with van der Waals surface area (Å²) in [5.41, 5.74) is 1.54. The van der Waals surface area contributed by atoms with Crippen LogP contribution >= 0.6 is 11.3 Å². The summed E-state index contributed by atoms with van der Waals surface area (Å²) in [5.74, 6) is 0.341. The van der Waals surface area contributed by atoms with Gasteiger partial charge in [0.25, 0.3) is 5.91 Å². The monoisotopic (exact) mass is 504 g/mol. The summed E-state index contributed by atoms with van der Waals surface area (Å²) in [6.07, 6.45) is -0.0160. The summed E-state index contributed by atoms with van der Waals surface area (Å²) < 4.78 is 1.09. The minimum absolute atomic E-state index is 0.146. The Morgan fingerprint density at radius 1 is 1.14 bits per heavy atom. The van der Waals surface area contributed by atoms with E-state index in [0.717, 1.165) is 26.3 Å². The second-order valence-corrected chi connectivity index (χ2v) is 10.2. The summed E-state index contributed by atoms with van der Waals surface area (Å²) in [7, 11) is 0. The standard InChI is InChI=1S/C26H28N6O3S/c1-26(2)23(34)31-25(35)32(26)13-12-28-24-27-11-10-19(30-24)21-15-17-14-18(8-9-20(17)36-21)29-22(33)16-6-4-3-5-7-16/h3-11,14-15,23,25,31,34-35H,12-13H2,1-2H3,(H,29,33)(H,27,28,30). The number of thiophene rings is 1. The van der Waals surface area contributed by atoms with E-state index in [1.54, 1.807) is 34.6 Å². The van der Waals surface area contributed by atoms with Gasteiger partial charge in [0.2, 0.25) is 5.95 Å². The van der Waals surface area contributed by atoms with E-state index in [2.05, 4.69) is 32.0 Å². The van der Waals surface area contributed by atoms with Crippen LogP contribution in [0.15, 0.2) is 66.9 Å². The lowest BCUT2D eigenvalue weighted by Crippen LogP contribution is -2.49. The van der Waals surface area contributed by atoms with Gasteiger partial charge in [0.1, 0.15) is 6.23 Å². The average molecular weight is 505 g/mol. The molecule has 1 amide bonds. The lowest BCUT2D eigenvalue weighted by atomic mass is 10.0. The van der Waals surface area contributed by atoms with Crippen molar-refractivity contribution < 1.29 is 15.0 Å². The van der Waals surface area contributed by atoms with Crippen LogP contribution in [-0.2, 0) is 0 Å². The van der Waals surface area contributed by atoms with Crippen LogP contribution < -0.4 is 16.0 Å². The van der Waals surface area contributed by atoms with E-state index in [-0.39, 0.29) is 5.91 Å². The third kappa shape index (κ3) is 4.95. The van der Waals surface area contributed by atoms with Crippen LogP contribution in [0, 0.1) is 0 Å². The fourth-order valence-electron chi connectivity index (χ4n) is 4.23. The highest BCUT2D eigenvalue weighted by Gasteiger charge is 2.45. The number of aromatic nitrogens is 2. The van der Waals surface area contributed by atoms with E-state index in [4.69, 9.17) is 0 Å². The van der Waals surface area contributed by atoms with Crippen molar-refractivity contribution in [3.05, 3.63) is 72.4 Å². The molecule has 1 saturated heterocycles. The Hall–Kier alpha value is -3.41. The van der Waals surface area contributed by atoms with Gasteiger partial charge in [-0.25, -0.2) is 9.97 Å². The van der Waals surface area contributed by atoms with Crippen molar-refractivity contribution in [2.24, 2.45) is 0 Å².